The van der Waals surface area contributed by atoms with E-state index in [2.05, 4.69) is 19.1 Å². The second-order valence-corrected chi connectivity index (χ2v) is 7.05. The minimum Gasteiger partial charge on any atom is -0.589 e. The Morgan fingerprint density at radius 1 is 0.833 bits per heavy atom. The number of hydrogen-bond acceptors (Lipinski definition) is 3. The van der Waals surface area contributed by atoms with Crippen LogP contribution in [0.4, 0.5) is 0 Å². The molecule has 4 nitrogen and oxygen atoms in total. The molecule has 24 heavy (non-hydrogen) atoms. The van der Waals surface area contributed by atoms with Crippen molar-refractivity contribution in [1.29, 1.82) is 0 Å². The average Bonchev–Trinajstić information content (AvgIpc) is 2.49. The van der Waals surface area contributed by atoms with E-state index in [1.54, 1.807) is 0 Å². The monoisotopic (exact) mass is 341 g/mol. The van der Waals surface area contributed by atoms with Crippen LogP contribution in [0, 0.1) is 5.21 Å². The van der Waals surface area contributed by atoms with Crippen molar-refractivity contribution in [2.45, 2.75) is 96.8 Å². The van der Waals surface area contributed by atoms with Crippen LogP contribution in [0.25, 0.3) is 0 Å². The highest BCUT2D eigenvalue weighted by atomic mass is 16.9. The van der Waals surface area contributed by atoms with Gasteiger partial charge in [-0.25, -0.2) is 4.79 Å². The van der Waals surface area contributed by atoms with E-state index < -0.39 is 10.8 Å². The van der Waals surface area contributed by atoms with Gasteiger partial charge < -0.3 is 5.21 Å². The van der Waals surface area contributed by atoms with Crippen molar-refractivity contribution in [2.24, 2.45) is 0 Å². The maximum Gasteiger partial charge on any atom is 0.367 e. The SMILES string of the molecule is CCCCCCCC/C=C\CCCCCCCC(=O)O[N+](C)(C)[O-]. The van der Waals surface area contributed by atoms with Crippen LogP contribution >= 0.6 is 0 Å². The highest BCUT2D eigenvalue weighted by Crippen LogP contribution is 2.10. The van der Waals surface area contributed by atoms with Crippen LogP contribution in [0.15, 0.2) is 12.2 Å². The summed E-state index contributed by atoms with van der Waals surface area (Å²) in [6.45, 7) is 2.26. The van der Waals surface area contributed by atoms with E-state index in [0.717, 1.165) is 19.3 Å². The number of hydroxylamine groups is 4. The Morgan fingerprint density at radius 3 is 1.79 bits per heavy atom. The Kier molecular flexibility index (Phi) is 15.1. The molecule has 0 N–H and O–H groups in total. The predicted octanol–water partition coefficient (Wildman–Crippen LogP) is 6.06. The lowest BCUT2D eigenvalue weighted by molar-refractivity contribution is -1.02. The van der Waals surface area contributed by atoms with Crippen LogP contribution < -0.4 is 0 Å². The summed E-state index contributed by atoms with van der Waals surface area (Å²) in [6.07, 6.45) is 21.0. The van der Waals surface area contributed by atoms with Gasteiger partial charge in [-0.2, -0.15) is 4.81 Å². The van der Waals surface area contributed by atoms with E-state index in [1.807, 2.05) is 0 Å². The Bertz CT molecular complexity index is 321. The number of rotatable bonds is 16. The summed E-state index contributed by atoms with van der Waals surface area (Å²) in [5.41, 5.74) is 0. The first-order valence-electron chi connectivity index (χ1n) is 9.88. The molecule has 0 saturated carbocycles. The van der Waals surface area contributed by atoms with Gasteiger partial charge in [-0.1, -0.05) is 70.4 Å². The Hall–Kier alpha value is -0.870. The second-order valence-electron chi connectivity index (χ2n) is 7.05. The van der Waals surface area contributed by atoms with Gasteiger partial charge >= 0.3 is 5.97 Å². The van der Waals surface area contributed by atoms with E-state index >= 15 is 0 Å². The number of hydrogen-bond donors (Lipinski definition) is 0. The fourth-order valence-corrected chi connectivity index (χ4v) is 2.63. The van der Waals surface area contributed by atoms with Crippen LogP contribution in [-0.4, -0.2) is 24.9 Å². The maximum atomic E-state index is 11.3. The van der Waals surface area contributed by atoms with Crippen LogP contribution in [0.2, 0.25) is 0 Å². The molecule has 0 amide bonds. The van der Waals surface area contributed by atoms with E-state index in [0.29, 0.717) is 6.42 Å². The predicted molar refractivity (Wildman–Crippen MR) is 101 cm³/mol. The third kappa shape index (κ3) is 19.2. The van der Waals surface area contributed by atoms with E-state index in [4.69, 9.17) is 4.84 Å². The number of allylic oxidation sites excluding steroid dienone is 2. The Morgan fingerprint density at radius 2 is 1.29 bits per heavy atom. The first kappa shape index (κ1) is 23.1. The zero-order chi connectivity index (χ0) is 18.1. The Labute approximate surface area is 149 Å². The first-order chi connectivity index (χ1) is 11.5. The average molecular weight is 342 g/mol. The van der Waals surface area contributed by atoms with Crippen molar-refractivity contribution >= 4 is 5.97 Å². The van der Waals surface area contributed by atoms with Crippen LogP contribution in [0.5, 0.6) is 0 Å². The minimum atomic E-state index is -0.996. The summed E-state index contributed by atoms with van der Waals surface area (Å²) >= 11 is 0. The van der Waals surface area contributed by atoms with Gasteiger partial charge in [0.1, 0.15) is 14.1 Å². The summed E-state index contributed by atoms with van der Waals surface area (Å²) in [5, 5.41) is 11.2. The summed E-state index contributed by atoms with van der Waals surface area (Å²) in [5.74, 6) is -0.396. The summed E-state index contributed by atoms with van der Waals surface area (Å²) in [4.78, 5) is 15.0. The van der Waals surface area contributed by atoms with Crippen LogP contribution in [-0.2, 0) is 9.63 Å². The highest BCUT2D eigenvalue weighted by Gasteiger charge is 2.11. The van der Waals surface area contributed by atoms with Gasteiger partial charge in [-0.05, 0) is 32.1 Å². The topological polar surface area (TPSA) is 49.4 Å². The standard InChI is InChI=1S/C20H39NO3/c1-4-5-6-7-8-9-10-11-12-13-14-15-16-17-18-19-20(22)24-21(2,3)23/h11-12H,4-10,13-19H2,1-3H3/b12-11-. The number of unbranched alkanes of at least 4 members (excludes halogenated alkanes) is 11. The van der Waals surface area contributed by atoms with Crippen molar-refractivity contribution < 1.29 is 14.4 Å². The van der Waals surface area contributed by atoms with Gasteiger partial charge in [0.25, 0.3) is 0 Å². The van der Waals surface area contributed by atoms with Crippen molar-refractivity contribution in [2.75, 3.05) is 14.1 Å². The smallest absolute Gasteiger partial charge is 0.367 e. The lowest BCUT2D eigenvalue weighted by atomic mass is 10.1. The van der Waals surface area contributed by atoms with Gasteiger partial charge in [0, 0.05) is 0 Å². The van der Waals surface area contributed by atoms with Gasteiger partial charge in [0.05, 0.1) is 6.42 Å². The van der Waals surface area contributed by atoms with Gasteiger partial charge in [-0.3, -0.25) is 4.84 Å². The van der Waals surface area contributed by atoms with Crippen molar-refractivity contribution in [3.05, 3.63) is 17.4 Å². The molecule has 0 spiro atoms. The van der Waals surface area contributed by atoms with Gasteiger partial charge in [0.15, 0.2) is 0 Å². The van der Waals surface area contributed by atoms with E-state index in [1.165, 1.54) is 78.3 Å². The second kappa shape index (κ2) is 15.6. The fraction of sp³-hybridized carbons (Fsp3) is 0.850. The molecule has 142 valence electrons. The number of carbonyl (C=O) groups is 1. The fourth-order valence-electron chi connectivity index (χ4n) is 2.63. The molecule has 0 radical (unpaired) electrons. The molecule has 0 atom stereocenters. The van der Waals surface area contributed by atoms with Gasteiger partial charge in [-0.15, -0.1) is 0 Å². The third-order valence-electron chi connectivity index (χ3n) is 3.96. The summed E-state index contributed by atoms with van der Waals surface area (Å²) in [6, 6.07) is 0. The molecular formula is C20H39NO3. The molecule has 0 fully saturated rings. The molecule has 0 aliphatic heterocycles. The molecule has 0 aliphatic carbocycles. The van der Waals surface area contributed by atoms with E-state index in [9.17, 15) is 10.0 Å². The van der Waals surface area contributed by atoms with Crippen LogP contribution in [0.3, 0.4) is 0 Å². The normalized spacial score (nSPS) is 12.0. The molecule has 0 unspecified atom stereocenters. The first-order valence-corrected chi connectivity index (χ1v) is 9.88. The molecule has 0 aromatic rings. The number of carbonyl (C=O) groups excluding carboxylic acids is 1. The van der Waals surface area contributed by atoms with Crippen molar-refractivity contribution in [1.82, 2.24) is 0 Å². The van der Waals surface area contributed by atoms with Crippen molar-refractivity contribution in [3.63, 3.8) is 0 Å². The zero-order valence-corrected chi connectivity index (χ0v) is 16.2. The maximum absolute atomic E-state index is 11.3. The molecule has 0 aromatic carbocycles. The minimum absolute atomic E-state index is 0.349. The highest BCUT2D eigenvalue weighted by molar-refractivity contribution is 5.68. The van der Waals surface area contributed by atoms with Crippen molar-refractivity contribution in [3.8, 4) is 0 Å². The van der Waals surface area contributed by atoms with Gasteiger partial charge in [0.2, 0.25) is 0 Å². The summed E-state index contributed by atoms with van der Waals surface area (Å²) in [7, 11) is 2.61. The largest absolute Gasteiger partial charge is 0.589 e. The molecule has 0 aliphatic rings. The Balaban J connectivity index is 3.25. The molecule has 0 heterocycles. The molecule has 0 saturated heterocycles. The zero-order valence-electron chi connectivity index (χ0n) is 16.2. The molecule has 0 aromatic heterocycles. The quantitative estimate of drug-likeness (QED) is 0.148. The molecular weight excluding hydrogens is 302 g/mol. The molecule has 4 heteroatoms. The van der Waals surface area contributed by atoms with Crippen LogP contribution in [0.1, 0.15) is 96.8 Å². The number of quaternary nitrogens is 1. The lowest BCUT2D eigenvalue weighted by Crippen LogP contribution is -2.35. The number of nitrogens with zero attached hydrogens (tertiary/aromatic N) is 1. The lowest BCUT2D eigenvalue weighted by Gasteiger charge is -2.28. The molecule has 0 rings (SSSR count). The summed E-state index contributed by atoms with van der Waals surface area (Å²) < 4.78 is 0. The molecule has 0 bridgehead atoms. The third-order valence-corrected chi connectivity index (χ3v) is 3.96. The van der Waals surface area contributed by atoms with E-state index in [-0.39, 0.29) is 0 Å².